The first-order valence-electron chi connectivity index (χ1n) is 6.84. The van der Waals surface area contributed by atoms with E-state index in [1.807, 2.05) is 44.2 Å². The fourth-order valence-electron chi connectivity index (χ4n) is 2.13. The lowest BCUT2D eigenvalue weighted by molar-refractivity contribution is -0.144. The molecule has 20 heavy (non-hydrogen) atoms. The van der Waals surface area contributed by atoms with E-state index in [1.165, 1.54) is 0 Å². The Labute approximate surface area is 124 Å². The van der Waals surface area contributed by atoms with Gasteiger partial charge in [0.2, 0.25) is 0 Å². The smallest absolute Gasteiger partial charge is 0.313 e. The number of aliphatic hydroxyl groups excluding tert-OH is 1. The average Bonchev–Trinajstić information content (AvgIpc) is 2.85. The van der Waals surface area contributed by atoms with E-state index in [-0.39, 0.29) is 18.0 Å². The van der Waals surface area contributed by atoms with Gasteiger partial charge >= 0.3 is 5.97 Å². The van der Waals surface area contributed by atoms with E-state index in [0.29, 0.717) is 6.61 Å². The summed E-state index contributed by atoms with van der Waals surface area (Å²) in [5, 5.41) is 9.77. The van der Waals surface area contributed by atoms with E-state index < -0.39 is 0 Å². The minimum Gasteiger partial charge on any atom is -0.466 e. The van der Waals surface area contributed by atoms with Crippen LogP contribution < -0.4 is 0 Å². The van der Waals surface area contributed by atoms with Gasteiger partial charge in [0.25, 0.3) is 0 Å². The molecule has 1 aromatic carbocycles. The van der Waals surface area contributed by atoms with Crippen molar-refractivity contribution in [2.45, 2.75) is 25.9 Å². The Balaban J connectivity index is 2.08. The monoisotopic (exact) mass is 292 g/mol. The Morgan fingerprint density at radius 2 is 2.20 bits per heavy atom. The lowest BCUT2D eigenvalue weighted by Gasteiger charge is -2.11. The molecule has 1 saturated heterocycles. The van der Waals surface area contributed by atoms with Crippen LogP contribution in [-0.2, 0) is 9.53 Å². The Kier molecular flexibility index (Phi) is 5.26. The molecule has 0 spiro atoms. The Morgan fingerprint density at radius 1 is 1.50 bits per heavy atom. The number of thioether (sulfide) groups is 1. The molecule has 1 heterocycles. The van der Waals surface area contributed by atoms with Crippen molar-refractivity contribution in [1.29, 1.82) is 0 Å². The van der Waals surface area contributed by atoms with Crippen LogP contribution >= 0.6 is 11.8 Å². The third-order valence-electron chi connectivity index (χ3n) is 3.40. The van der Waals surface area contributed by atoms with E-state index in [9.17, 15) is 9.90 Å². The number of ether oxygens (including phenoxy) is 1. The third-order valence-corrected chi connectivity index (χ3v) is 4.49. The summed E-state index contributed by atoms with van der Waals surface area (Å²) in [6, 6.07) is 7.85. The molecule has 0 aromatic heterocycles. The van der Waals surface area contributed by atoms with Crippen molar-refractivity contribution < 1.29 is 14.6 Å². The fraction of sp³-hybridized carbons (Fsp3) is 0.438. The molecule has 2 atom stereocenters. The van der Waals surface area contributed by atoms with Gasteiger partial charge in [-0.3, -0.25) is 4.79 Å². The Bertz CT molecular complexity index is 493. The molecule has 0 bridgehead atoms. The molecule has 1 aromatic rings. The van der Waals surface area contributed by atoms with Gasteiger partial charge in [0.05, 0.1) is 18.6 Å². The predicted octanol–water partition coefficient (Wildman–Crippen LogP) is 2.84. The van der Waals surface area contributed by atoms with Gasteiger partial charge in [-0.1, -0.05) is 30.3 Å². The van der Waals surface area contributed by atoms with E-state index in [1.54, 1.807) is 11.8 Å². The minimum absolute atomic E-state index is 0.193. The maximum absolute atomic E-state index is 11.7. The van der Waals surface area contributed by atoms with Crippen LogP contribution in [0, 0.1) is 0 Å². The van der Waals surface area contributed by atoms with Crippen LogP contribution in [0.1, 0.15) is 30.9 Å². The lowest BCUT2D eigenvalue weighted by Crippen LogP contribution is -2.12. The Hall–Kier alpha value is -1.26. The highest BCUT2D eigenvalue weighted by atomic mass is 32.2. The molecule has 1 N–H and O–H groups in total. The quantitative estimate of drug-likeness (QED) is 0.867. The zero-order valence-corrected chi connectivity index (χ0v) is 12.7. The van der Waals surface area contributed by atoms with Crippen LogP contribution in [0.2, 0.25) is 0 Å². The molecular formula is C16H20O3S. The van der Waals surface area contributed by atoms with E-state index in [2.05, 4.69) is 0 Å². The summed E-state index contributed by atoms with van der Waals surface area (Å²) in [6.45, 7) is 4.07. The summed E-state index contributed by atoms with van der Waals surface area (Å²) in [5.41, 5.74) is 3.08. The number of carbonyl (C=O) groups excluding carboxylic acids is 1. The summed E-state index contributed by atoms with van der Waals surface area (Å²) in [5.74, 6) is 1.23. The van der Waals surface area contributed by atoms with Crippen molar-refractivity contribution in [3.05, 3.63) is 41.0 Å². The van der Waals surface area contributed by atoms with Crippen LogP contribution in [0.15, 0.2) is 29.8 Å². The highest BCUT2D eigenvalue weighted by molar-refractivity contribution is 7.99. The first kappa shape index (κ1) is 15.1. The topological polar surface area (TPSA) is 46.5 Å². The first-order chi connectivity index (χ1) is 9.61. The van der Waals surface area contributed by atoms with Crippen molar-refractivity contribution in [2.75, 3.05) is 18.1 Å². The third kappa shape index (κ3) is 3.64. The number of esters is 1. The van der Waals surface area contributed by atoms with Crippen LogP contribution in [0.4, 0.5) is 0 Å². The average molecular weight is 292 g/mol. The lowest BCUT2D eigenvalue weighted by atomic mass is 9.99. The van der Waals surface area contributed by atoms with Gasteiger partial charge in [0, 0.05) is 11.5 Å². The van der Waals surface area contributed by atoms with Crippen LogP contribution in [0.25, 0.3) is 6.08 Å². The predicted molar refractivity (Wildman–Crippen MR) is 82.8 cm³/mol. The summed E-state index contributed by atoms with van der Waals surface area (Å²) in [4.78, 5) is 11.7. The molecule has 0 amide bonds. The maximum Gasteiger partial charge on any atom is 0.313 e. The number of hydrogen-bond donors (Lipinski definition) is 1. The van der Waals surface area contributed by atoms with Gasteiger partial charge in [-0.05, 0) is 30.5 Å². The largest absolute Gasteiger partial charge is 0.466 e. The molecule has 2 unspecified atom stereocenters. The number of benzene rings is 1. The molecule has 2 rings (SSSR count). The molecule has 108 valence electrons. The summed E-state index contributed by atoms with van der Waals surface area (Å²) in [7, 11) is 0. The normalized spacial score (nSPS) is 21.9. The van der Waals surface area contributed by atoms with Crippen LogP contribution in [-0.4, -0.2) is 35.3 Å². The zero-order valence-electron chi connectivity index (χ0n) is 11.8. The molecule has 1 aliphatic rings. The van der Waals surface area contributed by atoms with E-state index in [4.69, 9.17) is 4.74 Å². The van der Waals surface area contributed by atoms with Crippen LogP contribution in [0.5, 0.6) is 0 Å². The van der Waals surface area contributed by atoms with Gasteiger partial charge in [-0.2, -0.15) is 11.8 Å². The summed E-state index contributed by atoms with van der Waals surface area (Å²) < 4.78 is 5.02. The van der Waals surface area contributed by atoms with E-state index >= 15 is 0 Å². The second-order valence-electron chi connectivity index (χ2n) is 4.89. The molecule has 0 saturated carbocycles. The van der Waals surface area contributed by atoms with Gasteiger partial charge in [0.15, 0.2) is 0 Å². The number of aliphatic hydroxyl groups is 1. The van der Waals surface area contributed by atoms with Crippen molar-refractivity contribution in [2.24, 2.45) is 0 Å². The fourth-order valence-corrected chi connectivity index (χ4v) is 3.19. The van der Waals surface area contributed by atoms with Crippen molar-refractivity contribution in [3.63, 3.8) is 0 Å². The maximum atomic E-state index is 11.7. The van der Waals surface area contributed by atoms with Gasteiger partial charge < -0.3 is 9.84 Å². The minimum atomic E-state index is -0.321. The molecule has 0 radical (unpaired) electrons. The highest BCUT2D eigenvalue weighted by Gasteiger charge is 2.19. The second kappa shape index (κ2) is 6.95. The van der Waals surface area contributed by atoms with Gasteiger partial charge in [-0.15, -0.1) is 0 Å². The highest BCUT2D eigenvalue weighted by Crippen LogP contribution is 2.26. The standard InChI is InChI=1S/C16H20O3S/c1-3-19-16(18)11(2)13-6-4-12(5-7-13)8-14-9-20-10-15(14)17/h4-8,11,15,17H,3,9-10H2,1-2H3/b14-8-. The number of carbonyl (C=O) groups is 1. The van der Waals surface area contributed by atoms with Crippen molar-refractivity contribution in [3.8, 4) is 0 Å². The molecule has 0 aliphatic carbocycles. The second-order valence-corrected chi connectivity index (χ2v) is 5.92. The molecule has 3 nitrogen and oxygen atoms in total. The van der Waals surface area contributed by atoms with Crippen molar-refractivity contribution >= 4 is 23.8 Å². The first-order valence-corrected chi connectivity index (χ1v) is 8.00. The molecule has 1 fully saturated rings. The number of hydrogen-bond acceptors (Lipinski definition) is 4. The van der Waals surface area contributed by atoms with Gasteiger partial charge in [-0.25, -0.2) is 0 Å². The zero-order chi connectivity index (χ0) is 14.5. The van der Waals surface area contributed by atoms with Gasteiger partial charge in [0.1, 0.15) is 0 Å². The summed E-state index contributed by atoms with van der Waals surface area (Å²) in [6.07, 6.45) is 1.71. The van der Waals surface area contributed by atoms with E-state index in [0.717, 1.165) is 28.2 Å². The molecule has 1 aliphatic heterocycles. The Morgan fingerprint density at radius 3 is 2.75 bits per heavy atom. The number of rotatable bonds is 4. The van der Waals surface area contributed by atoms with Crippen LogP contribution in [0.3, 0.4) is 0 Å². The van der Waals surface area contributed by atoms with Crippen molar-refractivity contribution in [1.82, 2.24) is 0 Å². The SMILES string of the molecule is CCOC(=O)C(C)c1ccc(/C=C2/CSCC2O)cc1. The summed E-state index contributed by atoms with van der Waals surface area (Å²) >= 11 is 1.75. The molecular weight excluding hydrogens is 272 g/mol. The molecule has 4 heteroatoms.